The molecule has 0 heterocycles. The van der Waals surface area contributed by atoms with E-state index in [1.807, 2.05) is 6.92 Å². The van der Waals surface area contributed by atoms with E-state index in [4.69, 9.17) is 11.6 Å². The summed E-state index contributed by atoms with van der Waals surface area (Å²) in [5, 5.41) is 0.232. The predicted octanol–water partition coefficient (Wildman–Crippen LogP) is 2.64. The molecule has 0 rings (SSSR count). The van der Waals surface area contributed by atoms with Gasteiger partial charge >= 0.3 is 5.97 Å². The molecular weight excluding hydrogens is 176 g/mol. The number of rotatable bonds is 4. The van der Waals surface area contributed by atoms with Crippen LogP contribution in [-0.2, 0) is 9.53 Å². The Bertz CT molecular complexity index is 207. The summed E-state index contributed by atoms with van der Waals surface area (Å²) >= 11 is 5.59. The van der Waals surface area contributed by atoms with E-state index in [0.717, 1.165) is 12.8 Å². The van der Waals surface area contributed by atoms with Crippen LogP contribution in [0.3, 0.4) is 0 Å². The van der Waals surface area contributed by atoms with Crippen LogP contribution < -0.4 is 0 Å². The highest BCUT2D eigenvalue weighted by atomic mass is 35.5. The quantitative estimate of drug-likeness (QED) is 0.385. The van der Waals surface area contributed by atoms with Crippen LogP contribution >= 0.6 is 11.6 Å². The Morgan fingerprint density at radius 2 is 2.25 bits per heavy atom. The molecule has 12 heavy (non-hydrogen) atoms. The summed E-state index contributed by atoms with van der Waals surface area (Å²) in [6.07, 6.45) is 3.50. The lowest BCUT2D eigenvalue weighted by Gasteiger charge is -2.01. The van der Waals surface area contributed by atoms with Crippen molar-refractivity contribution in [2.45, 2.75) is 19.8 Å². The highest BCUT2D eigenvalue weighted by Gasteiger charge is 2.10. The maximum Gasteiger partial charge on any atom is 0.339 e. The van der Waals surface area contributed by atoms with Gasteiger partial charge in [-0.2, -0.15) is 0 Å². The first kappa shape index (κ1) is 11.2. The normalized spacial score (nSPS) is 11.1. The standard InChI is InChI=1S/C9H13ClO2/c1-4-5-6-8(7(2)10)9(11)12-3/h6H,2,4-5H2,1,3H3/b8-6+. The van der Waals surface area contributed by atoms with E-state index < -0.39 is 5.97 Å². The molecule has 0 saturated heterocycles. The number of carbonyl (C=O) groups is 1. The largest absolute Gasteiger partial charge is 0.465 e. The average Bonchev–Trinajstić information content (AvgIpc) is 2.04. The maximum atomic E-state index is 11.0. The summed E-state index contributed by atoms with van der Waals surface area (Å²) in [4.78, 5) is 11.0. The van der Waals surface area contributed by atoms with Crippen molar-refractivity contribution >= 4 is 17.6 Å². The Hall–Kier alpha value is -0.760. The third-order valence-corrected chi connectivity index (χ3v) is 1.54. The number of halogens is 1. The minimum absolute atomic E-state index is 0.232. The Labute approximate surface area is 77.9 Å². The topological polar surface area (TPSA) is 26.3 Å². The number of hydrogen-bond donors (Lipinski definition) is 0. The Morgan fingerprint density at radius 1 is 1.67 bits per heavy atom. The molecule has 0 saturated carbocycles. The number of unbranched alkanes of at least 4 members (excludes halogenated alkanes) is 1. The zero-order valence-electron chi connectivity index (χ0n) is 7.39. The average molecular weight is 189 g/mol. The lowest BCUT2D eigenvalue weighted by molar-refractivity contribution is -0.135. The van der Waals surface area contributed by atoms with Crippen LogP contribution in [0.4, 0.5) is 0 Å². The first-order valence-corrected chi connectivity index (χ1v) is 4.14. The predicted molar refractivity (Wildman–Crippen MR) is 50.0 cm³/mol. The fourth-order valence-corrected chi connectivity index (χ4v) is 0.858. The molecule has 0 aliphatic heterocycles. The number of ether oxygens (including phenoxy) is 1. The molecule has 0 bridgehead atoms. The zero-order chi connectivity index (χ0) is 9.56. The fraction of sp³-hybridized carbons (Fsp3) is 0.444. The lowest BCUT2D eigenvalue weighted by Crippen LogP contribution is -2.04. The van der Waals surface area contributed by atoms with E-state index >= 15 is 0 Å². The van der Waals surface area contributed by atoms with Gasteiger partial charge in [-0.25, -0.2) is 4.79 Å². The second-order valence-corrected chi connectivity index (χ2v) is 2.76. The Balaban J connectivity index is 4.43. The monoisotopic (exact) mass is 188 g/mol. The molecule has 0 aliphatic rings. The zero-order valence-corrected chi connectivity index (χ0v) is 8.15. The SMILES string of the molecule is C=C(Cl)/C(=C\CCC)C(=O)OC. The van der Waals surface area contributed by atoms with Crippen molar-refractivity contribution in [2.24, 2.45) is 0 Å². The van der Waals surface area contributed by atoms with Crippen LogP contribution in [0.2, 0.25) is 0 Å². The molecule has 2 nitrogen and oxygen atoms in total. The second kappa shape index (κ2) is 5.84. The first-order chi connectivity index (χ1) is 5.63. The van der Waals surface area contributed by atoms with Crippen molar-refractivity contribution in [1.82, 2.24) is 0 Å². The van der Waals surface area contributed by atoms with Gasteiger partial charge in [0.05, 0.1) is 12.7 Å². The van der Waals surface area contributed by atoms with Gasteiger partial charge in [0.1, 0.15) is 0 Å². The molecule has 0 aromatic heterocycles. The van der Waals surface area contributed by atoms with Crippen LogP contribution in [0, 0.1) is 0 Å². The summed E-state index contributed by atoms with van der Waals surface area (Å²) in [5.74, 6) is -0.427. The lowest BCUT2D eigenvalue weighted by atomic mass is 10.2. The highest BCUT2D eigenvalue weighted by molar-refractivity contribution is 6.34. The Kier molecular flexibility index (Phi) is 5.47. The van der Waals surface area contributed by atoms with Crippen molar-refractivity contribution in [3.63, 3.8) is 0 Å². The maximum absolute atomic E-state index is 11.0. The molecule has 68 valence electrons. The van der Waals surface area contributed by atoms with Crippen molar-refractivity contribution in [2.75, 3.05) is 7.11 Å². The third-order valence-electron chi connectivity index (χ3n) is 1.33. The minimum Gasteiger partial charge on any atom is -0.465 e. The van der Waals surface area contributed by atoms with E-state index in [0.29, 0.717) is 5.57 Å². The van der Waals surface area contributed by atoms with Gasteiger partial charge in [-0.05, 0) is 6.42 Å². The highest BCUT2D eigenvalue weighted by Crippen LogP contribution is 2.14. The van der Waals surface area contributed by atoms with Crippen LogP contribution in [-0.4, -0.2) is 13.1 Å². The fourth-order valence-electron chi connectivity index (χ4n) is 0.703. The van der Waals surface area contributed by atoms with E-state index in [1.54, 1.807) is 6.08 Å². The number of allylic oxidation sites excluding steroid dienone is 1. The molecule has 0 atom stereocenters. The molecule has 0 aromatic rings. The van der Waals surface area contributed by atoms with Crippen molar-refractivity contribution < 1.29 is 9.53 Å². The Morgan fingerprint density at radius 3 is 2.58 bits per heavy atom. The molecular formula is C9H13ClO2. The van der Waals surface area contributed by atoms with Gasteiger partial charge in [0.2, 0.25) is 0 Å². The van der Waals surface area contributed by atoms with Crippen LogP contribution in [0.5, 0.6) is 0 Å². The molecule has 0 amide bonds. The van der Waals surface area contributed by atoms with Gasteiger partial charge in [-0.15, -0.1) is 0 Å². The number of esters is 1. The van der Waals surface area contributed by atoms with Gasteiger partial charge < -0.3 is 4.74 Å². The van der Waals surface area contributed by atoms with Gasteiger partial charge in [0.25, 0.3) is 0 Å². The molecule has 0 aliphatic carbocycles. The molecule has 0 radical (unpaired) electrons. The summed E-state index contributed by atoms with van der Waals surface area (Å²) in [6, 6.07) is 0. The molecule has 0 N–H and O–H groups in total. The minimum atomic E-state index is -0.427. The van der Waals surface area contributed by atoms with Crippen molar-refractivity contribution in [3.05, 3.63) is 23.3 Å². The third kappa shape index (κ3) is 3.58. The van der Waals surface area contributed by atoms with Crippen LogP contribution in [0.15, 0.2) is 23.3 Å². The van der Waals surface area contributed by atoms with Gasteiger partial charge in [0.15, 0.2) is 0 Å². The number of carbonyl (C=O) groups excluding carboxylic acids is 1. The van der Waals surface area contributed by atoms with Crippen LogP contribution in [0.25, 0.3) is 0 Å². The molecule has 0 unspecified atom stereocenters. The molecule has 0 fully saturated rings. The van der Waals surface area contributed by atoms with E-state index in [2.05, 4.69) is 11.3 Å². The van der Waals surface area contributed by atoms with E-state index in [-0.39, 0.29) is 5.03 Å². The smallest absolute Gasteiger partial charge is 0.339 e. The van der Waals surface area contributed by atoms with E-state index in [1.165, 1.54) is 7.11 Å². The molecule has 0 aromatic carbocycles. The summed E-state index contributed by atoms with van der Waals surface area (Å²) < 4.78 is 4.52. The number of hydrogen-bond acceptors (Lipinski definition) is 2. The second-order valence-electron chi connectivity index (χ2n) is 2.30. The van der Waals surface area contributed by atoms with E-state index in [9.17, 15) is 4.79 Å². The van der Waals surface area contributed by atoms with Crippen LogP contribution in [0.1, 0.15) is 19.8 Å². The molecule has 3 heteroatoms. The summed E-state index contributed by atoms with van der Waals surface area (Å²) in [5.41, 5.74) is 0.362. The van der Waals surface area contributed by atoms with Crippen molar-refractivity contribution in [1.29, 1.82) is 0 Å². The van der Waals surface area contributed by atoms with Gasteiger partial charge in [-0.1, -0.05) is 37.6 Å². The van der Waals surface area contributed by atoms with Gasteiger partial charge in [-0.3, -0.25) is 0 Å². The number of methoxy groups -OCH3 is 1. The molecule has 0 spiro atoms. The van der Waals surface area contributed by atoms with Crippen molar-refractivity contribution in [3.8, 4) is 0 Å². The first-order valence-electron chi connectivity index (χ1n) is 3.76. The summed E-state index contributed by atoms with van der Waals surface area (Å²) in [7, 11) is 1.32. The van der Waals surface area contributed by atoms with Gasteiger partial charge in [0, 0.05) is 5.03 Å². The summed E-state index contributed by atoms with van der Waals surface area (Å²) in [6.45, 7) is 5.49.